The van der Waals surface area contributed by atoms with Crippen molar-refractivity contribution in [3.8, 4) is 5.69 Å². The fraction of sp³-hybridized carbons (Fsp3) is 0.292. The Morgan fingerprint density at radius 1 is 1.00 bits per heavy atom. The number of alkyl halides is 3. The van der Waals surface area contributed by atoms with E-state index in [1.54, 1.807) is 29.4 Å². The summed E-state index contributed by atoms with van der Waals surface area (Å²) < 4.78 is 41.2. The molecule has 36 heavy (non-hydrogen) atoms. The molecule has 1 fully saturated rings. The van der Waals surface area contributed by atoms with Crippen LogP contribution >= 0.6 is 11.6 Å². The molecule has 0 saturated carbocycles. The highest BCUT2D eigenvalue weighted by Gasteiger charge is 2.33. The number of piperidine rings is 1. The van der Waals surface area contributed by atoms with Gasteiger partial charge < -0.3 is 4.90 Å². The number of hydrogen-bond donors (Lipinski definition) is 0. The first-order valence-electron chi connectivity index (χ1n) is 11.3. The lowest BCUT2D eigenvalue weighted by Crippen LogP contribution is -2.38. The Hall–Kier alpha value is -3.73. The van der Waals surface area contributed by atoms with Gasteiger partial charge in [-0.05, 0) is 55.3 Å². The van der Waals surface area contributed by atoms with Gasteiger partial charge in [0.05, 0.1) is 18.0 Å². The van der Waals surface area contributed by atoms with Gasteiger partial charge in [-0.25, -0.2) is 0 Å². The van der Waals surface area contributed by atoms with Crippen LogP contribution in [0.15, 0.2) is 60.9 Å². The average Bonchev–Trinajstić information content (AvgIpc) is 3.54. The predicted octanol–water partition coefficient (Wildman–Crippen LogP) is 4.60. The molecule has 1 aliphatic rings. The minimum absolute atomic E-state index is 0.00179. The monoisotopic (exact) mass is 515 g/mol. The zero-order valence-electron chi connectivity index (χ0n) is 18.9. The van der Waals surface area contributed by atoms with E-state index in [0.29, 0.717) is 43.3 Å². The number of benzene rings is 2. The second-order valence-corrected chi connectivity index (χ2v) is 8.93. The van der Waals surface area contributed by atoms with Gasteiger partial charge in [-0.3, -0.25) is 9.36 Å². The molecule has 2 aromatic heterocycles. The number of aromatic nitrogens is 6. The van der Waals surface area contributed by atoms with Gasteiger partial charge in [-0.2, -0.15) is 28.2 Å². The fourth-order valence-electron chi connectivity index (χ4n) is 4.37. The van der Waals surface area contributed by atoms with Crippen molar-refractivity contribution < 1.29 is 18.0 Å². The first kappa shape index (κ1) is 24.0. The number of amides is 1. The molecule has 0 radical (unpaired) electrons. The standard InChI is InChI=1S/C24H21ClF3N7O/c25-19-4-6-20(7-5-19)35-21(15-34-29-10-11-30-34)31-32-22(35)16-8-12-33(13-9-16)23(36)17-2-1-3-18(14-17)24(26,27)28/h1-7,10-11,14,16H,8-9,12-13,15H2. The summed E-state index contributed by atoms with van der Waals surface area (Å²) in [5, 5.41) is 17.8. The van der Waals surface area contributed by atoms with Crippen molar-refractivity contribution in [1.29, 1.82) is 0 Å². The Balaban J connectivity index is 1.36. The fourth-order valence-corrected chi connectivity index (χ4v) is 4.50. The normalized spacial score (nSPS) is 14.8. The molecule has 1 aliphatic heterocycles. The summed E-state index contributed by atoms with van der Waals surface area (Å²) in [6, 6.07) is 11.9. The van der Waals surface area contributed by atoms with Gasteiger partial charge in [0.2, 0.25) is 0 Å². The Bertz CT molecular complexity index is 1350. The lowest BCUT2D eigenvalue weighted by atomic mass is 9.95. The van der Waals surface area contributed by atoms with Gasteiger partial charge in [0.1, 0.15) is 12.4 Å². The molecule has 1 amide bonds. The lowest BCUT2D eigenvalue weighted by Gasteiger charge is -2.32. The van der Waals surface area contributed by atoms with E-state index in [4.69, 9.17) is 11.6 Å². The number of likely N-dealkylation sites (tertiary alicyclic amines) is 1. The molecule has 0 atom stereocenters. The van der Waals surface area contributed by atoms with Gasteiger partial charge in [0.25, 0.3) is 5.91 Å². The third-order valence-electron chi connectivity index (χ3n) is 6.17. The maximum absolute atomic E-state index is 13.1. The molecule has 0 N–H and O–H groups in total. The first-order chi connectivity index (χ1) is 17.3. The van der Waals surface area contributed by atoms with Crippen LogP contribution in [0.3, 0.4) is 0 Å². The Kier molecular flexibility index (Phi) is 6.48. The number of carbonyl (C=O) groups excluding carboxylic acids is 1. The zero-order chi connectivity index (χ0) is 25.3. The second kappa shape index (κ2) is 9.73. The Morgan fingerprint density at radius 3 is 2.36 bits per heavy atom. The van der Waals surface area contributed by atoms with Crippen molar-refractivity contribution in [2.24, 2.45) is 0 Å². The van der Waals surface area contributed by atoms with Gasteiger partial charge in [-0.15, -0.1) is 10.2 Å². The molecule has 1 saturated heterocycles. The van der Waals surface area contributed by atoms with E-state index >= 15 is 0 Å². The SMILES string of the molecule is O=C(c1cccc(C(F)(F)F)c1)N1CCC(c2nnc(Cn3nccn3)n2-c2ccc(Cl)cc2)CC1. The summed E-state index contributed by atoms with van der Waals surface area (Å²) in [4.78, 5) is 16.0. The van der Waals surface area contributed by atoms with Crippen LogP contribution in [0, 0.1) is 0 Å². The number of rotatable bonds is 5. The first-order valence-corrected chi connectivity index (χ1v) is 11.7. The topological polar surface area (TPSA) is 81.7 Å². The minimum atomic E-state index is -4.50. The summed E-state index contributed by atoms with van der Waals surface area (Å²) in [7, 11) is 0. The molecule has 0 aliphatic carbocycles. The number of hydrogen-bond acceptors (Lipinski definition) is 5. The highest BCUT2D eigenvalue weighted by molar-refractivity contribution is 6.30. The maximum atomic E-state index is 13.1. The number of nitrogens with zero attached hydrogens (tertiary/aromatic N) is 7. The van der Waals surface area contributed by atoms with Crippen molar-refractivity contribution in [2.75, 3.05) is 13.1 Å². The molecule has 0 bridgehead atoms. The van der Waals surface area contributed by atoms with E-state index in [0.717, 1.165) is 23.6 Å². The van der Waals surface area contributed by atoms with Crippen LogP contribution in [0.2, 0.25) is 5.02 Å². The molecule has 3 heterocycles. The van der Waals surface area contributed by atoms with Crippen LogP contribution < -0.4 is 0 Å². The molecule has 186 valence electrons. The van der Waals surface area contributed by atoms with Gasteiger partial charge in [-0.1, -0.05) is 17.7 Å². The van der Waals surface area contributed by atoms with E-state index in [1.807, 2.05) is 16.7 Å². The van der Waals surface area contributed by atoms with Crippen LogP contribution in [-0.4, -0.2) is 53.7 Å². The van der Waals surface area contributed by atoms with Crippen LogP contribution in [0.5, 0.6) is 0 Å². The van der Waals surface area contributed by atoms with E-state index in [1.165, 1.54) is 16.9 Å². The molecule has 0 unspecified atom stereocenters. The summed E-state index contributed by atoms with van der Waals surface area (Å²) in [6.45, 7) is 1.10. The highest BCUT2D eigenvalue weighted by atomic mass is 35.5. The van der Waals surface area contributed by atoms with Crippen molar-refractivity contribution in [3.05, 3.63) is 88.7 Å². The summed E-state index contributed by atoms with van der Waals surface area (Å²) >= 11 is 6.08. The van der Waals surface area contributed by atoms with E-state index in [9.17, 15) is 18.0 Å². The third-order valence-corrected chi connectivity index (χ3v) is 6.43. The van der Waals surface area contributed by atoms with Crippen LogP contribution in [0.1, 0.15) is 46.3 Å². The predicted molar refractivity (Wildman–Crippen MR) is 125 cm³/mol. The maximum Gasteiger partial charge on any atom is 0.416 e. The third kappa shape index (κ3) is 4.97. The van der Waals surface area contributed by atoms with Gasteiger partial charge in [0, 0.05) is 35.3 Å². The summed E-state index contributed by atoms with van der Waals surface area (Å²) in [5.74, 6) is 0.971. The van der Waals surface area contributed by atoms with Crippen molar-refractivity contribution in [1.82, 2.24) is 34.7 Å². The van der Waals surface area contributed by atoms with Crippen molar-refractivity contribution >= 4 is 17.5 Å². The number of halogens is 4. The van der Waals surface area contributed by atoms with Gasteiger partial charge in [0.15, 0.2) is 5.82 Å². The summed E-state index contributed by atoms with van der Waals surface area (Å²) in [6.07, 6.45) is -0.145. The molecule has 12 heteroatoms. The van der Waals surface area contributed by atoms with Crippen LogP contribution in [0.25, 0.3) is 5.69 Å². The van der Waals surface area contributed by atoms with Crippen LogP contribution in [0.4, 0.5) is 13.2 Å². The summed E-state index contributed by atoms with van der Waals surface area (Å²) in [5.41, 5.74) is 0.0316. The Labute approximate surface area is 209 Å². The van der Waals surface area contributed by atoms with Crippen LogP contribution in [-0.2, 0) is 12.7 Å². The smallest absolute Gasteiger partial charge is 0.339 e. The zero-order valence-corrected chi connectivity index (χ0v) is 19.7. The number of carbonyl (C=O) groups is 1. The molecule has 8 nitrogen and oxygen atoms in total. The Morgan fingerprint density at radius 2 is 1.69 bits per heavy atom. The largest absolute Gasteiger partial charge is 0.416 e. The van der Waals surface area contributed by atoms with Crippen molar-refractivity contribution in [3.63, 3.8) is 0 Å². The molecule has 5 rings (SSSR count). The second-order valence-electron chi connectivity index (χ2n) is 8.49. The van der Waals surface area contributed by atoms with E-state index in [2.05, 4.69) is 20.4 Å². The molecule has 4 aromatic rings. The quantitative estimate of drug-likeness (QED) is 0.388. The molecule has 0 spiro atoms. The minimum Gasteiger partial charge on any atom is -0.339 e. The molecular weight excluding hydrogens is 495 g/mol. The highest BCUT2D eigenvalue weighted by Crippen LogP contribution is 2.32. The van der Waals surface area contributed by atoms with Gasteiger partial charge >= 0.3 is 6.18 Å². The average molecular weight is 516 g/mol. The molecular formula is C24H21ClF3N7O. The van der Waals surface area contributed by atoms with E-state index < -0.39 is 17.6 Å². The van der Waals surface area contributed by atoms with Crippen molar-refractivity contribution in [2.45, 2.75) is 31.5 Å². The lowest BCUT2D eigenvalue weighted by molar-refractivity contribution is -0.137. The molecule has 2 aromatic carbocycles. The van der Waals surface area contributed by atoms with E-state index in [-0.39, 0.29) is 11.5 Å².